The van der Waals surface area contributed by atoms with E-state index in [1.54, 1.807) is 0 Å². The van der Waals surface area contributed by atoms with Gasteiger partial charge in [-0.15, -0.1) is 0 Å². The second-order valence-electron chi connectivity index (χ2n) is 0. The molecule has 4 heteroatoms. The summed E-state index contributed by atoms with van der Waals surface area (Å²) in [7, 11) is 0. The molecule has 0 unspecified atom stereocenters. The Kier molecular flexibility index (Phi) is 137. The Bertz CT molecular complexity index is 8.00. The molecule has 0 aliphatic heterocycles. The van der Waals surface area contributed by atoms with Crippen molar-refractivity contribution in [3.05, 3.63) is 0 Å². The van der Waals surface area contributed by atoms with E-state index in [-0.39, 0.29) is 79.8 Å². The van der Waals surface area contributed by atoms with Gasteiger partial charge in [0.1, 0.15) is 0 Å². The van der Waals surface area contributed by atoms with E-state index in [0.29, 0.717) is 0 Å². The van der Waals surface area contributed by atoms with Gasteiger partial charge in [-0.25, -0.2) is 0 Å². The van der Waals surface area contributed by atoms with Crippen molar-refractivity contribution in [3.63, 3.8) is 0 Å². The van der Waals surface area contributed by atoms with Crippen LogP contribution in [0.3, 0.4) is 0 Å². The van der Waals surface area contributed by atoms with Crippen LogP contribution in [-0.2, 0) is 17.1 Å². The standard InChI is InChI=1S/Cu.Ga.In.H2Se.3H/h;;;1H2;;;. The van der Waals surface area contributed by atoms with Crippen LogP contribution in [-0.4, -0.2) is 62.7 Å². The van der Waals surface area contributed by atoms with E-state index in [4.69, 9.17) is 0 Å². The Morgan fingerprint density at radius 2 is 1.00 bits per heavy atom. The predicted octanol–water partition coefficient (Wildman–Crippen LogP) is -2.48. The van der Waals surface area contributed by atoms with Crippen molar-refractivity contribution < 1.29 is 17.1 Å². The van der Waals surface area contributed by atoms with Crippen LogP contribution >= 0.6 is 0 Å². The molecular formula is H5CuGaInSe. The molecule has 4 radical (unpaired) electrons. The normalized spacial score (nSPS) is 0. The average Bonchev–Trinajstić information content (AvgIpc) is 0. The van der Waals surface area contributed by atoms with Crippen LogP contribution in [0.1, 0.15) is 0 Å². The first-order valence-corrected chi connectivity index (χ1v) is 0. The van der Waals surface area contributed by atoms with Gasteiger partial charge in [0.2, 0.25) is 0 Å². The summed E-state index contributed by atoms with van der Waals surface area (Å²) in [6.07, 6.45) is 0. The van der Waals surface area contributed by atoms with Crippen LogP contribution in [0.25, 0.3) is 0 Å². The maximum absolute atomic E-state index is 0. The van der Waals surface area contributed by atoms with Crippen molar-refractivity contribution in [2.45, 2.75) is 0 Å². The molecule has 0 aliphatic carbocycles. The van der Waals surface area contributed by atoms with Crippen LogP contribution in [0, 0.1) is 0 Å². The molecular weight excluding hydrogens is 327 g/mol. The van der Waals surface area contributed by atoms with Crippen molar-refractivity contribution in [2.24, 2.45) is 0 Å². The third kappa shape index (κ3) is 8.82. The number of hydrogen-bond acceptors (Lipinski definition) is 0. The van der Waals surface area contributed by atoms with E-state index >= 15 is 0 Å². The zero-order chi connectivity index (χ0) is 0. The Morgan fingerprint density at radius 1 is 1.00 bits per heavy atom. The van der Waals surface area contributed by atoms with Gasteiger partial charge in [-0.3, -0.25) is 0 Å². The average molecular weight is 332 g/mol. The molecule has 0 saturated heterocycles. The van der Waals surface area contributed by atoms with Gasteiger partial charge < -0.3 is 0 Å². The first-order valence-electron chi connectivity index (χ1n) is 0. The topological polar surface area (TPSA) is 0 Å². The monoisotopic (exact) mass is 332 g/mol. The van der Waals surface area contributed by atoms with Gasteiger partial charge in [0.05, 0.1) is 0 Å². The second-order valence-corrected chi connectivity index (χ2v) is 0. The SMILES string of the molecule is [Cu].[GaH3].[In].[SeH2]. The second kappa shape index (κ2) is 17.7. The molecule has 0 amide bonds. The fraction of sp³-hybridized carbons (Fsp3) is 0. The zero-order valence-corrected chi connectivity index (χ0v) is 7.71. The molecule has 0 atom stereocenters. The van der Waals surface area contributed by atoms with Crippen molar-refractivity contribution in [1.29, 1.82) is 0 Å². The quantitative estimate of drug-likeness (QED) is 0.431. The van der Waals surface area contributed by atoms with Gasteiger partial charge in [-0.2, -0.15) is 0 Å². The third-order valence-electron chi connectivity index (χ3n) is 0. The van der Waals surface area contributed by atoms with Crippen molar-refractivity contribution in [2.75, 3.05) is 0 Å². The minimum atomic E-state index is 0. The molecule has 0 aromatic carbocycles. The van der Waals surface area contributed by atoms with Crippen LogP contribution in [0.15, 0.2) is 0 Å². The Balaban J connectivity index is 0. The van der Waals surface area contributed by atoms with Crippen molar-refractivity contribution >= 4 is 62.7 Å². The summed E-state index contributed by atoms with van der Waals surface area (Å²) in [6.45, 7) is 0. The Hall–Kier alpha value is 2.55. The molecule has 0 spiro atoms. The summed E-state index contributed by atoms with van der Waals surface area (Å²) >= 11 is 0. The molecule has 0 fully saturated rings. The maximum atomic E-state index is 0. The molecule has 0 bridgehead atoms. The van der Waals surface area contributed by atoms with Gasteiger partial charge in [0.15, 0.2) is 0 Å². The van der Waals surface area contributed by atoms with Crippen LogP contribution < -0.4 is 0 Å². The summed E-state index contributed by atoms with van der Waals surface area (Å²) in [4.78, 5) is 0. The van der Waals surface area contributed by atoms with Gasteiger partial charge in [-0.1, -0.05) is 0 Å². The zero-order valence-electron chi connectivity index (χ0n) is 1.38. The van der Waals surface area contributed by atoms with E-state index < -0.39 is 0 Å². The fourth-order valence-electron chi connectivity index (χ4n) is 0. The third-order valence-corrected chi connectivity index (χ3v) is 0. The predicted molar refractivity (Wildman–Crippen MR) is 24.2 cm³/mol. The molecule has 4 heavy (non-hydrogen) atoms. The summed E-state index contributed by atoms with van der Waals surface area (Å²) in [5.41, 5.74) is 0. The molecule has 0 aromatic heterocycles. The van der Waals surface area contributed by atoms with E-state index in [0.717, 1.165) is 0 Å². The molecule has 0 aliphatic rings. The van der Waals surface area contributed by atoms with Gasteiger partial charge in [-0.05, 0) is 0 Å². The Labute approximate surface area is 78.6 Å². The summed E-state index contributed by atoms with van der Waals surface area (Å²) < 4.78 is 0. The van der Waals surface area contributed by atoms with E-state index in [2.05, 4.69) is 0 Å². The van der Waals surface area contributed by atoms with Crippen LogP contribution in [0.4, 0.5) is 0 Å². The van der Waals surface area contributed by atoms with Crippen molar-refractivity contribution in [3.8, 4) is 0 Å². The van der Waals surface area contributed by atoms with E-state index in [1.807, 2.05) is 0 Å². The molecule has 0 nitrogen and oxygen atoms in total. The molecule has 0 saturated carbocycles. The van der Waals surface area contributed by atoms with Gasteiger partial charge in [0.25, 0.3) is 0 Å². The van der Waals surface area contributed by atoms with Crippen LogP contribution in [0.2, 0.25) is 0 Å². The summed E-state index contributed by atoms with van der Waals surface area (Å²) in [5.74, 6) is 0. The van der Waals surface area contributed by atoms with Crippen molar-refractivity contribution in [1.82, 2.24) is 0 Å². The van der Waals surface area contributed by atoms with E-state index in [1.165, 1.54) is 0 Å². The Morgan fingerprint density at radius 3 is 1.00 bits per heavy atom. The van der Waals surface area contributed by atoms with E-state index in [9.17, 15) is 0 Å². The fourth-order valence-corrected chi connectivity index (χ4v) is 0. The molecule has 0 heterocycles. The van der Waals surface area contributed by atoms with Gasteiger partial charge >= 0.3 is 36.9 Å². The number of rotatable bonds is 0. The van der Waals surface area contributed by atoms with Crippen LogP contribution in [0.5, 0.6) is 0 Å². The molecule has 0 N–H and O–H groups in total. The first kappa shape index (κ1) is 31.1. The number of hydrogen-bond donors (Lipinski definition) is 0. The molecule has 28 valence electrons. The summed E-state index contributed by atoms with van der Waals surface area (Å²) in [5, 5.41) is 0. The molecule has 0 aromatic rings. The first-order chi connectivity index (χ1) is 0. The minimum absolute atomic E-state index is 0. The summed E-state index contributed by atoms with van der Waals surface area (Å²) in [6, 6.07) is 0. The van der Waals surface area contributed by atoms with Gasteiger partial charge in [0, 0.05) is 42.9 Å². The molecule has 0 rings (SSSR count).